The highest BCUT2D eigenvalue weighted by atomic mass is 32.2. The van der Waals surface area contributed by atoms with Crippen LogP contribution in [-0.2, 0) is 10.5 Å². The van der Waals surface area contributed by atoms with E-state index < -0.39 is 5.97 Å². The molecule has 0 aliphatic carbocycles. The van der Waals surface area contributed by atoms with Crippen LogP contribution < -0.4 is 10.6 Å². The lowest BCUT2D eigenvalue weighted by Crippen LogP contribution is -2.02. The zero-order valence-electron chi connectivity index (χ0n) is 10.3. The van der Waals surface area contributed by atoms with E-state index in [1.807, 2.05) is 25.1 Å². The summed E-state index contributed by atoms with van der Waals surface area (Å²) in [7, 11) is 1.59. The molecule has 0 amide bonds. The standard InChI is InChI=1S/C12H16N2O3S/c1-8(14-13)9-3-4-11(17-2)10(5-9)6-18-7-12(15)16/h3-5H,6-7,13H2,1-2H3,(H,15,16)/b14-8-. The number of carboxylic acid groups (broad SMARTS) is 1. The van der Waals surface area contributed by atoms with Crippen molar-refractivity contribution in [2.75, 3.05) is 12.9 Å². The number of nitrogens with zero attached hydrogens (tertiary/aromatic N) is 1. The first-order chi connectivity index (χ1) is 8.58. The van der Waals surface area contributed by atoms with Gasteiger partial charge >= 0.3 is 5.97 Å². The van der Waals surface area contributed by atoms with Gasteiger partial charge in [-0.1, -0.05) is 0 Å². The fraction of sp³-hybridized carbons (Fsp3) is 0.333. The van der Waals surface area contributed by atoms with Crippen molar-refractivity contribution in [3.05, 3.63) is 29.3 Å². The minimum atomic E-state index is -0.824. The van der Waals surface area contributed by atoms with Gasteiger partial charge in [-0.3, -0.25) is 4.79 Å². The third-order valence-electron chi connectivity index (χ3n) is 2.37. The van der Waals surface area contributed by atoms with Crippen molar-refractivity contribution in [2.45, 2.75) is 12.7 Å². The largest absolute Gasteiger partial charge is 0.496 e. The Kier molecular flexibility index (Phi) is 5.51. The molecule has 0 spiro atoms. The zero-order chi connectivity index (χ0) is 13.5. The summed E-state index contributed by atoms with van der Waals surface area (Å²) in [4.78, 5) is 10.5. The number of benzene rings is 1. The SMILES string of the molecule is COc1ccc(/C(C)=N\N)cc1CSCC(=O)O. The number of hydrogen-bond donors (Lipinski definition) is 2. The number of ether oxygens (including phenoxy) is 1. The van der Waals surface area contributed by atoms with Gasteiger partial charge in [-0.2, -0.15) is 5.10 Å². The van der Waals surface area contributed by atoms with E-state index in [0.717, 1.165) is 22.6 Å². The third-order valence-corrected chi connectivity index (χ3v) is 3.34. The first-order valence-corrected chi connectivity index (χ1v) is 6.45. The van der Waals surface area contributed by atoms with Crippen LogP contribution in [-0.4, -0.2) is 29.7 Å². The molecular formula is C12H16N2O3S. The van der Waals surface area contributed by atoms with Gasteiger partial charge in [0.15, 0.2) is 0 Å². The Morgan fingerprint density at radius 2 is 2.28 bits per heavy atom. The fourth-order valence-electron chi connectivity index (χ4n) is 1.44. The molecule has 1 aromatic carbocycles. The molecule has 0 saturated heterocycles. The zero-order valence-corrected chi connectivity index (χ0v) is 11.2. The average Bonchev–Trinajstić information content (AvgIpc) is 2.37. The Morgan fingerprint density at radius 1 is 1.56 bits per heavy atom. The maximum absolute atomic E-state index is 10.5. The van der Waals surface area contributed by atoms with Crippen LogP contribution in [0.2, 0.25) is 0 Å². The predicted molar refractivity (Wildman–Crippen MR) is 73.2 cm³/mol. The Hall–Kier alpha value is -1.69. The highest BCUT2D eigenvalue weighted by Gasteiger charge is 2.07. The van der Waals surface area contributed by atoms with Crippen LogP contribution in [0.5, 0.6) is 5.75 Å². The molecule has 0 aromatic heterocycles. The smallest absolute Gasteiger partial charge is 0.313 e. The van der Waals surface area contributed by atoms with Gasteiger partial charge in [0, 0.05) is 11.3 Å². The molecule has 0 atom stereocenters. The Balaban J connectivity index is 2.88. The van der Waals surface area contributed by atoms with Gasteiger partial charge < -0.3 is 15.7 Å². The van der Waals surface area contributed by atoms with Crippen LogP contribution in [0.15, 0.2) is 23.3 Å². The normalized spacial score (nSPS) is 11.3. The monoisotopic (exact) mass is 268 g/mol. The number of aliphatic carboxylic acids is 1. The predicted octanol–water partition coefficient (Wildman–Crippen LogP) is 1.70. The lowest BCUT2D eigenvalue weighted by molar-refractivity contribution is -0.133. The molecule has 0 saturated carbocycles. The van der Waals surface area contributed by atoms with E-state index in [0.29, 0.717) is 5.75 Å². The molecule has 3 N–H and O–H groups in total. The van der Waals surface area contributed by atoms with E-state index in [2.05, 4.69) is 5.10 Å². The quantitative estimate of drug-likeness (QED) is 0.466. The Morgan fingerprint density at radius 3 is 2.83 bits per heavy atom. The number of carbonyl (C=O) groups is 1. The summed E-state index contributed by atoms with van der Waals surface area (Å²) in [6.07, 6.45) is 0. The van der Waals surface area contributed by atoms with Gasteiger partial charge in [0.25, 0.3) is 0 Å². The van der Waals surface area contributed by atoms with Gasteiger partial charge in [-0.15, -0.1) is 11.8 Å². The molecular weight excluding hydrogens is 252 g/mol. The Bertz CT molecular complexity index is 461. The van der Waals surface area contributed by atoms with Crippen molar-refractivity contribution in [2.24, 2.45) is 10.9 Å². The molecule has 0 aliphatic rings. The van der Waals surface area contributed by atoms with Gasteiger partial charge in [-0.05, 0) is 30.7 Å². The van der Waals surface area contributed by atoms with Crippen molar-refractivity contribution < 1.29 is 14.6 Å². The van der Waals surface area contributed by atoms with Gasteiger partial charge in [0.1, 0.15) is 5.75 Å². The number of hydrogen-bond acceptors (Lipinski definition) is 5. The second kappa shape index (κ2) is 6.90. The van der Waals surface area contributed by atoms with Gasteiger partial charge in [-0.25, -0.2) is 0 Å². The van der Waals surface area contributed by atoms with Crippen molar-refractivity contribution in [3.8, 4) is 5.75 Å². The lowest BCUT2D eigenvalue weighted by Gasteiger charge is -2.10. The van der Waals surface area contributed by atoms with E-state index in [1.165, 1.54) is 11.8 Å². The van der Waals surface area contributed by atoms with Crippen LogP contribution in [0, 0.1) is 0 Å². The summed E-state index contributed by atoms with van der Waals surface area (Å²) in [6, 6.07) is 5.62. The average molecular weight is 268 g/mol. The Labute approximate surface area is 110 Å². The number of thioether (sulfide) groups is 1. The summed E-state index contributed by atoms with van der Waals surface area (Å²) in [5.41, 5.74) is 2.57. The summed E-state index contributed by atoms with van der Waals surface area (Å²) >= 11 is 1.32. The summed E-state index contributed by atoms with van der Waals surface area (Å²) in [5.74, 6) is 5.79. The van der Waals surface area contributed by atoms with Crippen LogP contribution in [0.3, 0.4) is 0 Å². The molecule has 0 fully saturated rings. The molecule has 98 valence electrons. The number of nitrogens with two attached hydrogens (primary N) is 1. The van der Waals surface area contributed by atoms with Crippen LogP contribution >= 0.6 is 11.8 Å². The van der Waals surface area contributed by atoms with Gasteiger partial charge in [0.05, 0.1) is 18.6 Å². The molecule has 0 radical (unpaired) electrons. The second-order valence-corrected chi connectivity index (χ2v) is 4.61. The first kappa shape index (κ1) is 14.4. The molecule has 5 nitrogen and oxygen atoms in total. The molecule has 0 aliphatic heterocycles. The van der Waals surface area contributed by atoms with Crippen molar-refractivity contribution in [1.29, 1.82) is 0 Å². The molecule has 18 heavy (non-hydrogen) atoms. The molecule has 6 heteroatoms. The van der Waals surface area contributed by atoms with Crippen molar-refractivity contribution >= 4 is 23.4 Å². The van der Waals surface area contributed by atoms with E-state index in [9.17, 15) is 4.79 Å². The number of carboxylic acids is 1. The minimum Gasteiger partial charge on any atom is -0.496 e. The van der Waals surface area contributed by atoms with Crippen LogP contribution in [0.1, 0.15) is 18.1 Å². The lowest BCUT2D eigenvalue weighted by atomic mass is 10.1. The topological polar surface area (TPSA) is 84.9 Å². The first-order valence-electron chi connectivity index (χ1n) is 5.29. The molecule has 1 rings (SSSR count). The highest BCUT2D eigenvalue weighted by Crippen LogP contribution is 2.24. The molecule has 0 heterocycles. The molecule has 0 unspecified atom stereocenters. The van der Waals surface area contributed by atoms with Crippen molar-refractivity contribution in [3.63, 3.8) is 0 Å². The summed E-state index contributed by atoms with van der Waals surface area (Å²) in [5, 5.41) is 12.2. The van der Waals surface area contributed by atoms with Crippen LogP contribution in [0.4, 0.5) is 0 Å². The summed E-state index contributed by atoms with van der Waals surface area (Å²) < 4.78 is 5.24. The second-order valence-electron chi connectivity index (χ2n) is 3.63. The van der Waals surface area contributed by atoms with E-state index in [4.69, 9.17) is 15.7 Å². The van der Waals surface area contributed by atoms with Gasteiger partial charge in [0.2, 0.25) is 0 Å². The molecule has 0 bridgehead atoms. The fourth-order valence-corrected chi connectivity index (χ4v) is 2.16. The molecule has 1 aromatic rings. The van der Waals surface area contributed by atoms with Crippen LogP contribution in [0.25, 0.3) is 0 Å². The van der Waals surface area contributed by atoms with E-state index >= 15 is 0 Å². The number of hydrazone groups is 1. The van der Waals surface area contributed by atoms with E-state index in [-0.39, 0.29) is 5.75 Å². The third kappa shape index (κ3) is 3.96. The number of methoxy groups -OCH3 is 1. The highest BCUT2D eigenvalue weighted by molar-refractivity contribution is 7.99. The minimum absolute atomic E-state index is 0.0668. The maximum Gasteiger partial charge on any atom is 0.313 e. The van der Waals surface area contributed by atoms with Crippen molar-refractivity contribution in [1.82, 2.24) is 0 Å². The summed E-state index contributed by atoms with van der Waals surface area (Å²) in [6.45, 7) is 1.82. The number of rotatable bonds is 6. The van der Waals surface area contributed by atoms with E-state index in [1.54, 1.807) is 7.11 Å². The maximum atomic E-state index is 10.5.